The van der Waals surface area contributed by atoms with Gasteiger partial charge in [0.1, 0.15) is 0 Å². The number of nitrogens with two attached hydrogens (primary N) is 1. The van der Waals surface area contributed by atoms with Crippen molar-refractivity contribution in [1.29, 1.82) is 0 Å². The third-order valence-electron chi connectivity index (χ3n) is 2.87. The van der Waals surface area contributed by atoms with Crippen molar-refractivity contribution in [1.82, 2.24) is 0 Å². The van der Waals surface area contributed by atoms with Gasteiger partial charge in [-0.05, 0) is 37.5 Å². The fraction of sp³-hybridized carbons (Fsp3) is 0.500. The Balaban J connectivity index is 2.30. The first-order valence-electron chi connectivity index (χ1n) is 5.49. The van der Waals surface area contributed by atoms with E-state index in [9.17, 15) is 5.11 Å². The summed E-state index contributed by atoms with van der Waals surface area (Å²) in [5.41, 5.74) is 9.26. The highest BCUT2D eigenvalue weighted by Gasteiger charge is 2.19. The van der Waals surface area contributed by atoms with E-state index >= 15 is 0 Å². The van der Waals surface area contributed by atoms with Gasteiger partial charge in [-0.25, -0.2) is 0 Å². The summed E-state index contributed by atoms with van der Waals surface area (Å²) in [5, 5.41) is 9.43. The zero-order chi connectivity index (χ0) is 10.8. The highest BCUT2D eigenvalue weighted by atomic mass is 16.3. The summed E-state index contributed by atoms with van der Waals surface area (Å²) in [6.07, 6.45) is 1.88. The number of aliphatic hydroxyl groups is 1. The Bertz CT molecular complexity index is 349. The first-order valence-corrected chi connectivity index (χ1v) is 5.49. The molecule has 0 amide bonds. The summed E-state index contributed by atoms with van der Waals surface area (Å²) in [6, 6.07) is 6.02. The van der Waals surface area contributed by atoms with Crippen LogP contribution in [0.15, 0.2) is 18.2 Å². The lowest BCUT2D eigenvalue weighted by molar-refractivity contribution is 0.199. The molecule has 1 aromatic carbocycles. The molecule has 3 N–H and O–H groups in total. The largest absolute Gasteiger partial charge is 0.398 e. The number of rotatable bonds is 2. The van der Waals surface area contributed by atoms with Crippen LogP contribution < -0.4 is 10.6 Å². The highest BCUT2D eigenvalue weighted by molar-refractivity contribution is 5.66. The van der Waals surface area contributed by atoms with E-state index in [4.69, 9.17) is 5.73 Å². The molecule has 3 nitrogen and oxygen atoms in total. The Kier molecular flexibility index (Phi) is 2.82. The van der Waals surface area contributed by atoms with Crippen LogP contribution in [-0.4, -0.2) is 24.3 Å². The number of hydrogen-bond donors (Lipinski definition) is 2. The van der Waals surface area contributed by atoms with Crippen molar-refractivity contribution in [3.8, 4) is 0 Å². The molecule has 0 saturated carbocycles. The summed E-state index contributed by atoms with van der Waals surface area (Å²) in [6.45, 7) is 3.53. The Morgan fingerprint density at radius 3 is 3.07 bits per heavy atom. The van der Waals surface area contributed by atoms with Gasteiger partial charge in [0.25, 0.3) is 0 Å². The molecule has 1 heterocycles. The van der Waals surface area contributed by atoms with E-state index in [1.807, 2.05) is 19.1 Å². The Morgan fingerprint density at radius 1 is 1.53 bits per heavy atom. The zero-order valence-corrected chi connectivity index (χ0v) is 9.11. The summed E-state index contributed by atoms with van der Waals surface area (Å²) in [4.78, 5) is 2.22. The average Bonchev–Trinajstić information content (AvgIpc) is 2.19. The predicted octanol–water partition coefficient (Wildman–Crippen LogP) is 1.40. The normalized spacial score (nSPS) is 17.3. The number of anilines is 2. The molecular formula is C12H18N2O. The van der Waals surface area contributed by atoms with Crippen molar-refractivity contribution < 1.29 is 5.11 Å². The van der Waals surface area contributed by atoms with E-state index in [1.54, 1.807) is 0 Å². The number of fused-ring (bicyclic) bond motifs is 1. The second-order valence-electron chi connectivity index (χ2n) is 4.24. The Labute approximate surface area is 90.5 Å². The van der Waals surface area contributed by atoms with Crippen LogP contribution in [0, 0.1) is 0 Å². The van der Waals surface area contributed by atoms with E-state index < -0.39 is 0 Å². The molecule has 0 spiro atoms. The fourth-order valence-electron chi connectivity index (χ4n) is 2.24. The van der Waals surface area contributed by atoms with Crippen LogP contribution in [-0.2, 0) is 6.42 Å². The van der Waals surface area contributed by atoms with Crippen LogP contribution in [0.4, 0.5) is 11.4 Å². The van der Waals surface area contributed by atoms with Gasteiger partial charge in [0.15, 0.2) is 0 Å². The number of hydrogen-bond acceptors (Lipinski definition) is 3. The fourth-order valence-corrected chi connectivity index (χ4v) is 2.24. The number of benzene rings is 1. The van der Waals surface area contributed by atoms with Gasteiger partial charge in [-0.1, -0.05) is 6.07 Å². The lowest BCUT2D eigenvalue weighted by Gasteiger charge is -2.32. The molecule has 1 aliphatic rings. The summed E-state index contributed by atoms with van der Waals surface area (Å²) in [7, 11) is 0. The van der Waals surface area contributed by atoms with Crippen LogP contribution in [0.3, 0.4) is 0 Å². The van der Waals surface area contributed by atoms with E-state index in [0.717, 1.165) is 25.1 Å². The molecule has 0 radical (unpaired) electrons. The smallest absolute Gasteiger partial charge is 0.0687 e. The quantitative estimate of drug-likeness (QED) is 0.719. The molecule has 1 atom stereocenters. The van der Waals surface area contributed by atoms with Gasteiger partial charge in [0.2, 0.25) is 0 Å². The number of β-amino-alcohol motifs (C(OH)–C–C–N with tert-alkyl or cyclic N) is 1. The van der Waals surface area contributed by atoms with Gasteiger partial charge in [0.05, 0.1) is 6.10 Å². The minimum atomic E-state index is -0.294. The predicted molar refractivity (Wildman–Crippen MR) is 63.1 cm³/mol. The molecule has 0 saturated heterocycles. The summed E-state index contributed by atoms with van der Waals surface area (Å²) in [5.74, 6) is 0. The van der Waals surface area contributed by atoms with Crippen molar-refractivity contribution in [2.24, 2.45) is 0 Å². The molecule has 0 unspecified atom stereocenters. The van der Waals surface area contributed by atoms with Crippen molar-refractivity contribution >= 4 is 11.4 Å². The molecule has 0 bridgehead atoms. The van der Waals surface area contributed by atoms with E-state index in [0.29, 0.717) is 6.54 Å². The second-order valence-corrected chi connectivity index (χ2v) is 4.24. The van der Waals surface area contributed by atoms with Gasteiger partial charge in [-0.15, -0.1) is 0 Å². The molecule has 0 aromatic heterocycles. The van der Waals surface area contributed by atoms with Gasteiger partial charge >= 0.3 is 0 Å². The van der Waals surface area contributed by atoms with E-state index in [1.165, 1.54) is 11.3 Å². The first kappa shape index (κ1) is 10.3. The third kappa shape index (κ3) is 2.07. The minimum Gasteiger partial charge on any atom is -0.398 e. The summed E-state index contributed by atoms with van der Waals surface area (Å²) >= 11 is 0. The lowest BCUT2D eigenvalue weighted by atomic mass is 9.99. The standard InChI is InChI=1S/C12H18N2O/c1-9(15)8-14-7-3-4-10-11(13)5-2-6-12(10)14/h2,5-6,9,15H,3-4,7-8,13H2,1H3/t9-/m1/s1. The number of aliphatic hydroxyl groups excluding tert-OH is 1. The number of nitrogen functional groups attached to an aromatic ring is 1. The maximum absolute atomic E-state index is 9.43. The van der Waals surface area contributed by atoms with Crippen molar-refractivity contribution in [2.75, 3.05) is 23.7 Å². The topological polar surface area (TPSA) is 49.5 Å². The van der Waals surface area contributed by atoms with Crippen LogP contribution in [0.2, 0.25) is 0 Å². The van der Waals surface area contributed by atoms with E-state index in [-0.39, 0.29) is 6.10 Å². The van der Waals surface area contributed by atoms with E-state index in [2.05, 4.69) is 11.0 Å². The molecule has 0 aliphatic carbocycles. The minimum absolute atomic E-state index is 0.294. The van der Waals surface area contributed by atoms with Crippen LogP contribution in [0.5, 0.6) is 0 Å². The maximum Gasteiger partial charge on any atom is 0.0687 e. The van der Waals surface area contributed by atoms with Gasteiger partial charge < -0.3 is 15.7 Å². The third-order valence-corrected chi connectivity index (χ3v) is 2.87. The maximum atomic E-state index is 9.43. The van der Waals surface area contributed by atoms with Crippen LogP contribution in [0.25, 0.3) is 0 Å². The van der Waals surface area contributed by atoms with Gasteiger partial charge in [-0.3, -0.25) is 0 Å². The highest BCUT2D eigenvalue weighted by Crippen LogP contribution is 2.31. The molecule has 1 aliphatic heterocycles. The van der Waals surface area contributed by atoms with Crippen molar-refractivity contribution in [3.63, 3.8) is 0 Å². The number of nitrogens with zero attached hydrogens (tertiary/aromatic N) is 1. The second kappa shape index (κ2) is 4.11. The summed E-state index contributed by atoms with van der Waals surface area (Å²) < 4.78 is 0. The molecule has 0 fully saturated rings. The molecule has 1 aromatic rings. The Morgan fingerprint density at radius 2 is 2.33 bits per heavy atom. The van der Waals surface area contributed by atoms with Crippen molar-refractivity contribution in [2.45, 2.75) is 25.9 Å². The monoisotopic (exact) mass is 206 g/mol. The zero-order valence-electron chi connectivity index (χ0n) is 9.11. The first-order chi connectivity index (χ1) is 7.18. The molecule has 82 valence electrons. The molecule has 15 heavy (non-hydrogen) atoms. The van der Waals surface area contributed by atoms with Gasteiger partial charge in [0, 0.05) is 24.5 Å². The van der Waals surface area contributed by atoms with Gasteiger partial charge in [-0.2, -0.15) is 0 Å². The molecule has 2 rings (SSSR count). The molecular weight excluding hydrogens is 188 g/mol. The SMILES string of the molecule is C[C@@H](O)CN1CCCc2c(N)cccc21. The average molecular weight is 206 g/mol. The van der Waals surface area contributed by atoms with Crippen LogP contribution in [0.1, 0.15) is 18.9 Å². The Hall–Kier alpha value is -1.22. The van der Waals surface area contributed by atoms with Crippen LogP contribution >= 0.6 is 0 Å². The van der Waals surface area contributed by atoms with Crippen molar-refractivity contribution in [3.05, 3.63) is 23.8 Å². The lowest BCUT2D eigenvalue weighted by Crippen LogP contribution is -2.35. The molecule has 3 heteroatoms.